The van der Waals surface area contributed by atoms with Crippen molar-refractivity contribution in [3.8, 4) is 0 Å². The van der Waals surface area contributed by atoms with Gasteiger partial charge in [-0.2, -0.15) is 0 Å². The van der Waals surface area contributed by atoms with Gasteiger partial charge in [0.2, 0.25) is 0 Å². The normalized spacial score (nSPS) is 15.3. The van der Waals surface area contributed by atoms with Crippen molar-refractivity contribution in [2.75, 3.05) is 5.33 Å². The van der Waals surface area contributed by atoms with Gasteiger partial charge in [-0.25, -0.2) is 0 Å². The van der Waals surface area contributed by atoms with Gasteiger partial charge in [0, 0.05) is 5.33 Å². The second kappa shape index (κ2) is 6.29. The first kappa shape index (κ1) is 12.7. The van der Waals surface area contributed by atoms with E-state index in [2.05, 4.69) is 48.8 Å². The number of alkyl halides is 1. The average Bonchev–Trinajstić information content (AvgIpc) is 2.26. The smallest absolute Gasteiger partial charge is 0.0925 e. The lowest BCUT2D eigenvalue weighted by Crippen LogP contribution is -2.19. The fraction of sp³-hybridized carbons (Fsp3) is 0.538. The zero-order valence-electron chi connectivity index (χ0n) is 9.61. The lowest BCUT2D eigenvalue weighted by Gasteiger charge is -2.23. The molecule has 1 aromatic carbocycles. The summed E-state index contributed by atoms with van der Waals surface area (Å²) in [5, 5.41) is 0.841. The highest BCUT2D eigenvalue weighted by atomic mass is 79.9. The summed E-state index contributed by atoms with van der Waals surface area (Å²) >= 11 is 3.51. The molecule has 2 heteroatoms. The van der Waals surface area contributed by atoms with Crippen molar-refractivity contribution in [3.63, 3.8) is 0 Å². The first-order valence-electron chi connectivity index (χ1n) is 5.41. The molecule has 0 radical (unpaired) electrons. The van der Waals surface area contributed by atoms with Gasteiger partial charge >= 0.3 is 0 Å². The number of benzene rings is 1. The molecule has 0 aliphatic heterocycles. The molecule has 0 saturated heterocycles. The second-order valence-electron chi connectivity index (χ2n) is 4.14. The molecule has 0 aromatic heterocycles. The van der Waals surface area contributed by atoms with Crippen molar-refractivity contribution in [2.24, 2.45) is 5.92 Å². The molecule has 84 valence electrons. The molecule has 15 heavy (non-hydrogen) atoms. The van der Waals surface area contributed by atoms with E-state index >= 15 is 0 Å². The summed E-state index contributed by atoms with van der Waals surface area (Å²) in [6, 6.07) is 10.3. The minimum absolute atomic E-state index is 0.156. The molecule has 2 atom stereocenters. The van der Waals surface area contributed by atoms with Crippen molar-refractivity contribution in [3.05, 3.63) is 35.9 Å². The van der Waals surface area contributed by atoms with E-state index in [1.54, 1.807) is 0 Å². The minimum atomic E-state index is 0.156. The summed E-state index contributed by atoms with van der Waals surface area (Å²) in [7, 11) is 0. The Labute approximate surface area is 101 Å². The maximum absolute atomic E-state index is 6.00. The average molecular weight is 271 g/mol. The maximum Gasteiger partial charge on any atom is 0.0925 e. The third kappa shape index (κ3) is 3.96. The van der Waals surface area contributed by atoms with E-state index in [4.69, 9.17) is 4.74 Å². The highest BCUT2D eigenvalue weighted by Gasteiger charge is 2.16. The van der Waals surface area contributed by atoms with Gasteiger partial charge < -0.3 is 4.74 Å². The Morgan fingerprint density at radius 2 is 1.73 bits per heavy atom. The fourth-order valence-electron chi connectivity index (χ4n) is 1.29. The maximum atomic E-state index is 6.00. The Morgan fingerprint density at radius 1 is 1.13 bits per heavy atom. The number of hydrogen-bond donors (Lipinski definition) is 0. The van der Waals surface area contributed by atoms with Crippen LogP contribution in [-0.2, 0) is 4.74 Å². The van der Waals surface area contributed by atoms with Crippen LogP contribution in [0.2, 0.25) is 0 Å². The van der Waals surface area contributed by atoms with Crippen LogP contribution in [0.3, 0.4) is 0 Å². The molecule has 2 unspecified atom stereocenters. The summed E-state index contributed by atoms with van der Waals surface area (Å²) in [6.45, 7) is 6.49. The summed E-state index contributed by atoms with van der Waals surface area (Å²) < 4.78 is 6.00. The number of ether oxygens (including phenoxy) is 1. The molecule has 0 N–H and O–H groups in total. The predicted molar refractivity (Wildman–Crippen MR) is 68.4 cm³/mol. The lowest BCUT2D eigenvalue weighted by molar-refractivity contribution is -0.0142. The van der Waals surface area contributed by atoms with Crippen LogP contribution in [0.15, 0.2) is 30.3 Å². The predicted octanol–water partition coefficient (Wildman–Crippen LogP) is 4.18. The molecule has 0 saturated carbocycles. The molecule has 1 nitrogen and oxygen atoms in total. The summed E-state index contributed by atoms with van der Waals surface area (Å²) in [5.41, 5.74) is 1.24. The van der Waals surface area contributed by atoms with Gasteiger partial charge in [-0.05, 0) is 18.4 Å². The zero-order chi connectivity index (χ0) is 11.3. The van der Waals surface area contributed by atoms with Gasteiger partial charge in [-0.1, -0.05) is 60.1 Å². The van der Waals surface area contributed by atoms with Crippen LogP contribution in [0.5, 0.6) is 0 Å². The van der Waals surface area contributed by atoms with E-state index < -0.39 is 0 Å². The molecule has 1 aromatic rings. The Kier molecular flexibility index (Phi) is 5.34. The quantitative estimate of drug-likeness (QED) is 0.730. The van der Waals surface area contributed by atoms with Crippen LogP contribution >= 0.6 is 15.9 Å². The van der Waals surface area contributed by atoms with Crippen molar-refractivity contribution < 1.29 is 4.74 Å². The Bertz CT molecular complexity index is 271. The number of halogens is 1. The largest absolute Gasteiger partial charge is 0.369 e. The van der Waals surface area contributed by atoms with Crippen molar-refractivity contribution in [2.45, 2.75) is 33.0 Å². The Hall–Kier alpha value is -0.340. The van der Waals surface area contributed by atoms with Crippen LogP contribution in [0, 0.1) is 5.92 Å². The van der Waals surface area contributed by atoms with E-state index in [-0.39, 0.29) is 12.2 Å². The number of rotatable bonds is 5. The van der Waals surface area contributed by atoms with Gasteiger partial charge in [-0.15, -0.1) is 0 Å². The minimum Gasteiger partial charge on any atom is -0.369 e. The van der Waals surface area contributed by atoms with Gasteiger partial charge in [-0.3, -0.25) is 0 Å². The molecule has 0 bridgehead atoms. The van der Waals surface area contributed by atoms with Crippen LogP contribution < -0.4 is 0 Å². The van der Waals surface area contributed by atoms with Gasteiger partial charge in [0.25, 0.3) is 0 Å². The third-order valence-electron chi connectivity index (χ3n) is 2.63. The molecular formula is C13H19BrO. The molecule has 0 fully saturated rings. The number of hydrogen-bond acceptors (Lipinski definition) is 1. The highest BCUT2D eigenvalue weighted by molar-refractivity contribution is 9.09. The van der Waals surface area contributed by atoms with Crippen molar-refractivity contribution >= 4 is 15.9 Å². The lowest BCUT2D eigenvalue weighted by atomic mass is 10.1. The molecule has 0 spiro atoms. The van der Waals surface area contributed by atoms with E-state index in [0.717, 1.165) is 5.33 Å². The second-order valence-corrected chi connectivity index (χ2v) is 4.79. The first-order valence-corrected chi connectivity index (χ1v) is 6.53. The van der Waals surface area contributed by atoms with Crippen molar-refractivity contribution in [1.29, 1.82) is 0 Å². The molecule has 0 amide bonds. The standard InChI is InChI=1S/C13H19BrO/c1-10(2)11(3)15-13(9-14)12-7-5-4-6-8-12/h4-8,10-11,13H,9H2,1-3H3. The van der Waals surface area contributed by atoms with E-state index in [1.165, 1.54) is 5.56 Å². The SMILES string of the molecule is CC(C)C(C)OC(CBr)c1ccccc1. The molecule has 0 heterocycles. The highest BCUT2D eigenvalue weighted by Crippen LogP contribution is 2.23. The summed E-state index contributed by atoms with van der Waals surface area (Å²) in [4.78, 5) is 0. The van der Waals surface area contributed by atoms with Crippen molar-refractivity contribution in [1.82, 2.24) is 0 Å². The van der Waals surface area contributed by atoms with E-state index in [0.29, 0.717) is 5.92 Å². The molecule has 1 rings (SSSR count). The summed E-state index contributed by atoms with van der Waals surface area (Å²) in [6.07, 6.45) is 0.441. The van der Waals surface area contributed by atoms with E-state index in [1.807, 2.05) is 18.2 Å². The van der Waals surface area contributed by atoms with Crippen LogP contribution in [0.4, 0.5) is 0 Å². The van der Waals surface area contributed by atoms with Gasteiger partial charge in [0.05, 0.1) is 12.2 Å². The van der Waals surface area contributed by atoms with Crippen LogP contribution in [-0.4, -0.2) is 11.4 Å². The van der Waals surface area contributed by atoms with Gasteiger partial charge in [0.1, 0.15) is 0 Å². The molecule has 0 aliphatic rings. The first-order chi connectivity index (χ1) is 7.15. The molecule has 0 aliphatic carbocycles. The topological polar surface area (TPSA) is 9.23 Å². The molecular weight excluding hydrogens is 252 g/mol. The summed E-state index contributed by atoms with van der Waals surface area (Å²) in [5.74, 6) is 0.551. The zero-order valence-corrected chi connectivity index (χ0v) is 11.2. The third-order valence-corrected chi connectivity index (χ3v) is 3.22. The Balaban J connectivity index is 2.65. The van der Waals surface area contributed by atoms with Crippen LogP contribution in [0.1, 0.15) is 32.4 Å². The van der Waals surface area contributed by atoms with Gasteiger partial charge in [0.15, 0.2) is 0 Å². The van der Waals surface area contributed by atoms with E-state index in [9.17, 15) is 0 Å². The van der Waals surface area contributed by atoms with Crippen LogP contribution in [0.25, 0.3) is 0 Å². The Morgan fingerprint density at radius 3 is 2.20 bits per heavy atom. The monoisotopic (exact) mass is 270 g/mol. The fourth-order valence-corrected chi connectivity index (χ4v) is 1.81.